The predicted octanol–water partition coefficient (Wildman–Crippen LogP) is 2.38. The maximum Gasteiger partial charge on any atom is 0.472 e. The van der Waals surface area contributed by atoms with Crippen LogP contribution >= 0.6 is 30.5 Å². The Morgan fingerprint density at radius 2 is 1.23 bits per heavy atom. The van der Waals surface area contributed by atoms with E-state index in [0.29, 0.717) is 49.2 Å². The topological polar surface area (TPSA) is 167 Å². The van der Waals surface area contributed by atoms with Gasteiger partial charge in [0.15, 0.2) is 24.5 Å². The summed E-state index contributed by atoms with van der Waals surface area (Å²) in [5.41, 5.74) is 19.7. The van der Waals surface area contributed by atoms with Gasteiger partial charge >= 0.3 is 7.82 Å². The lowest BCUT2D eigenvalue weighted by molar-refractivity contribution is -0.689. The fourth-order valence-electron chi connectivity index (χ4n) is 3.88. The van der Waals surface area contributed by atoms with Crippen molar-refractivity contribution >= 4 is 42.1 Å². The van der Waals surface area contributed by atoms with Gasteiger partial charge in [0.25, 0.3) is 0 Å². The van der Waals surface area contributed by atoms with E-state index in [1.54, 1.807) is 48.9 Å². The number of nitrogens with zero attached hydrogens (tertiary/aromatic N) is 6. The highest BCUT2D eigenvalue weighted by molar-refractivity contribution is 7.47. The first-order valence-corrected chi connectivity index (χ1v) is 15.5. The Bertz CT molecular complexity index is 1400. The molecule has 5 N–H and O–H groups in total. The third kappa shape index (κ3) is 7.62. The van der Waals surface area contributed by atoms with Gasteiger partial charge in [-0.25, -0.2) is 24.5 Å². The quantitative estimate of drug-likeness (QED) is 0.164. The lowest BCUT2D eigenvalue weighted by Crippen LogP contribution is -2.35. The molecule has 4 rings (SSSR count). The molecule has 0 aliphatic carbocycles. The number of rotatable bonds is 12. The molecule has 0 aliphatic heterocycles. The van der Waals surface area contributed by atoms with Crippen molar-refractivity contribution in [3.63, 3.8) is 0 Å². The standard InChI is InChI=1S/C24H32N8O4PS2/c1-15-21(38-13-31(15)11-19-9-27-17(3)29-23(19)25)5-7-35-37(33,34)36-8-6-22-16(2)32(14-39-22)12-20-10-28-18(4)30-24(20)26/h9-10,13-14H,5-8,11-12H2,1-4H3,(H4-,25,26,27,28,29,30,33,34)/q+1/p+1. The zero-order valence-corrected chi connectivity index (χ0v) is 24.9. The summed E-state index contributed by atoms with van der Waals surface area (Å²) in [5.74, 6) is 2.18. The number of phosphoric acid groups is 1. The second-order valence-corrected chi connectivity index (χ2v) is 12.3. The van der Waals surface area contributed by atoms with E-state index in [1.807, 2.05) is 24.9 Å². The minimum absolute atomic E-state index is 0.0585. The molecule has 0 aromatic carbocycles. The maximum atomic E-state index is 12.4. The highest BCUT2D eigenvalue weighted by Gasteiger charge is 2.24. The Morgan fingerprint density at radius 3 is 1.62 bits per heavy atom. The monoisotopic (exact) mass is 592 g/mol. The fraction of sp³-hybridized carbons (Fsp3) is 0.417. The van der Waals surface area contributed by atoms with Crippen molar-refractivity contribution in [2.75, 3.05) is 24.7 Å². The molecule has 0 radical (unpaired) electrons. The van der Waals surface area contributed by atoms with E-state index in [2.05, 4.69) is 29.1 Å². The average Bonchev–Trinajstić information content (AvgIpc) is 3.39. The molecule has 0 aliphatic rings. The number of hydrogen-bond donors (Lipinski definition) is 3. The number of aryl methyl sites for hydroxylation is 2. The average molecular weight is 593 g/mol. The molecular weight excluding hydrogens is 559 g/mol. The first-order chi connectivity index (χ1) is 18.5. The van der Waals surface area contributed by atoms with E-state index < -0.39 is 7.82 Å². The number of phosphoric ester groups is 1. The number of anilines is 2. The number of hydrogen-bond acceptors (Lipinski definition) is 11. The largest absolute Gasteiger partial charge is 0.472 e. The van der Waals surface area contributed by atoms with Crippen LogP contribution in [0.25, 0.3) is 0 Å². The molecule has 0 saturated heterocycles. The second-order valence-electron chi connectivity index (χ2n) is 9.01. The summed E-state index contributed by atoms with van der Waals surface area (Å²) in [6.45, 7) is 8.78. The van der Waals surface area contributed by atoms with Gasteiger partial charge in [-0.2, -0.15) is 9.13 Å². The van der Waals surface area contributed by atoms with Gasteiger partial charge in [-0.3, -0.25) is 9.05 Å². The van der Waals surface area contributed by atoms with Crippen LogP contribution in [0.3, 0.4) is 0 Å². The minimum Gasteiger partial charge on any atom is -0.383 e. The van der Waals surface area contributed by atoms with Gasteiger partial charge in [0, 0.05) is 39.1 Å². The molecule has 0 spiro atoms. The van der Waals surface area contributed by atoms with Crippen molar-refractivity contribution in [1.29, 1.82) is 0 Å². The first-order valence-electron chi connectivity index (χ1n) is 12.2. The fourth-order valence-corrected chi connectivity index (χ4v) is 6.55. The van der Waals surface area contributed by atoms with Gasteiger partial charge in [-0.1, -0.05) is 22.7 Å². The maximum absolute atomic E-state index is 12.4. The lowest BCUT2D eigenvalue weighted by atomic mass is 10.2. The Balaban J connectivity index is 1.24. The van der Waals surface area contributed by atoms with Crippen LogP contribution < -0.4 is 20.6 Å². The molecular formula is C24H33N8O4PS2+2. The van der Waals surface area contributed by atoms with Crippen LogP contribution in [0.1, 0.15) is 43.9 Å². The van der Waals surface area contributed by atoms with E-state index in [4.69, 9.17) is 20.5 Å². The van der Waals surface area contributed by atoms with E-state index in [0.717, 1.165) is 32.3 Å². The third-order valence-electron chi connectivity index (χ3n) is 6.20. The van der Waals surface area contributed by atoms with E-state index >= 15 is 0 Å². The second kappa shape index (κ2) is 12.5. The molecule has 208 valence electrons. The van der Waals surface area contributed by atoms with Crippen LogP contribution in [-0.2, 0) is 39.5 Å². The molecule has 0 saturated carbocycles. The highest BCUT2D eigenvalue weighted by atomic mass is 32.1. The van der Waals surface area contributed by atoms with Crippen LogP contribution in [0.15, 0.2) is 23.4 Å². The molecule has 4 heterocycles. The van der Waals surface area contributed by atoms with Gasteiger partial charge < -0.3 is 16.4 Å². The van der Waals surface area contributed by atoms with Gasteiger partial charge in [0.05, 0.1) is 34.1 Å². The zero-order chi connectivity index (χ0) is 28.2. The Hall–Kier alpha value is -2.87. The molecule has 0 fully saturated rings. The number of nitrogens with two attached hydrogens (primary N) is 2. The van der Waals surface area contributed by atoms with Crippen molar-refractivity contribution in [2.45, 2.75) is 53.6 Å². The number of aromatic nitrogens is 6. The van der Waals surface area contributed by atoms with Crippen LogP contribution in [0.2, 0.25) is 0 Å². The molecule has 0 atom stereocenters. The molecule has 12 nitrogen and oxygen atoms in total. The van der Waals surface area contributed by atoms with Crippen LogP contribution in [0.4, 0.5) is 11.6 Å². The van der Waals surface area contributed by atoms with Gasteiger partial charge in [-0.15, -0.1) is 0 Å². The van der Waals surface area contributed by atoms with Gasteiger partial charge in [0.2, 0.25) is 11.0 Å². The minimum atomic E-state index is -4.19. The summed E-state index contributed by atoms with van der Waals surface area (Å²) < 4.78 is 27.0. The summed E-state index contributed by atoms with van der Waals surface area (Å²) >= 11 is 3.10. The van der Waals surface area contributed by atoms with Crippen molar-refractivity contribution in [3.8, 4) is 0 Å². The van der Waals surface area contributed by atoms with Crippen molar-refractivity contribution in [2.24, 2.45) is 0 Å². The molecule has 0 amide bonds. The Morgan fingerprint density at radius 1 is 0.821 bits per heavy atom. The van der Waals surface area contributed by atoms with Gasteiger partial charge in [-0.05, 0) is 13.8 Å². The number of nitrogen functional groups attached to an aromatic ring is 2. The molecule has 0 bridgehead atoms. The van der Waals surface area contributed by atoms with Crippen LogP contribution in [-0.4, -0.2) is 38.0 Å². The van der Waals surface area contributed by atoms with Crippen molar-refractivity contribution in [1.82, 2.24) is 19.9 Å². The first kappa shape index (κ1) is 29.1. The number of thiazole rings is 2. The highest BCUT2D eigenvalue weighted by Crippen LogP contribution is 2.43. The van der Waals surface area contributed by atoms with Crippen molar-refractivity contribution < 1.29 is 27.6 Å². The Labute approximate surface area is 235 Å². The van der Waals surface area contributed by atoms with E-state index in [1.165, 1.54) is 0 Å². The summed E-state index contributed by atoms with van der Waals surface area (Å²) in [6.07, 6.45) is 4.42. The smallest absolute Gasteiger partial charge is 0.383 e. The summed E-state index contributed by atoms with van der Waals surface area (Å²) in [4.78, 5) is 29.1. The molecule has 4 aromatic heterocycles. The van der Waals surface area contributed by atoms with Crippen LogP contribution in [0.5, 0.6) is 0 Å². The van der Waals surface area contributed by atoms with Crippen molar-refractivity contribution in [3.05, 3.63) is 67.3 Å². The summed E-state index contributed by atoms with van der Waals surface area (Å²) in [5, 5.41) is 0. The van der Waals surface area contributed by atoms with E-state index in [9.17, 15) is 9.46 Å². The van der Waals surface area contributed by atoms with Crippen LogP contribution in [0, 0.1) is 27.7 Å². The lowest BCUT2D eigenvalue weighted by Gasteiger charge is -2.11. The molecule has 15 heteroatoms. The Kier molecular flexibility index (Phi) is 9.36. The normalized spacial score (nSPS) is 11.8. The predicted molar refractivity (Wildman–Crippen MR) is 148 cm³/mol. The molecule has 0 unspecified atom stereocenters. The van der Waals surface area contributed by atoms with E-state index in [-0.39, 0.29) is 13.2 Å². The molecule has 39 heavy (non-hydrogen) atoms. The molecule has 4 aromatic rings. The zero-order valence-electron chi connectivity index (χ0n) is 22.3. The third-order valence-corrected chi connectivity index (χ3v) is 9.50. The summed E-state index contributed by atoms with van der Waals surface area (Å²) in [6, 6.07) is 0. The van der Waals surface area contributed by atoms with Gasteiger partial charge in [0.1, 0.15) is 23.3 Å². The SMILES string of the molecule is Cc1ncc(C[n+]2csc(CCOP(=O)(O)OCCc3sc[n+](Cc4cnc(C)nc4N)c3C)c2C)c(N)n1. The summed E-state index contributed by atoms with van der Waals surface area (Å²) in [7, 11) is -4.19.